The van der Waals surface area contributed by atoms with Gasteiger partial charge in [-0.2, -0.15) is 0 Å². The summed E-state index contributed by atoms with van der Waals surface area (Å²) in [5.74, 6) is -0.811. The number of rotatable bonds is 3. The Bertz CT molecular complexity index is 473. The molecule has 1 saturated heterocycles. The average molecular weight is 248 g/mol. The van der Waals surface area contributed by atoms with Gasteiger partial charge >= 0.3 is 5.97 Å². The molecule has 0 aliphatic carbocycles. The maximum atomic E-state index is 12.0. The lowest BCUT2D eigenvalue weighted by molar-refractivity contribution is -0.118. The van der Waals surface area contributed by atoms with Crippen LogP contribution in [0.25, 0.3) is 0 Å². The normalized spacial score (nSPS) is 22.7. The number of nitrogens with one attached hydrogen (secondary N) is 2. The fourth-order valence-corrected chi connectivity index (χ4v) is 2.14. The number of aromatic carboxylic acids is 1. The molecule has 1 amide bonds. The van der Waals surface area contributed by atoms with Crippen molar-refractivity contribution in [2.45, 2.75) is 19.4 Å². The summed E-state index contributed by atoms with van der Waals surface area (Å²) in [6.45, 7) is 2.87. The molecule has 0 saturated carbocycles. The van der Waals surface area contributed by atoms with Gasteiger partial charge in [0, 0.05) is 5.69 Å². The van der Waals surface area contributed by atoms with Crippen molar-refractivity contribution in [3.8, 4) is 0 Å². The molecule has 18 heavy (non-hydrogen) atoms. The first-order valence-corrected chi connectivity index (χ1v) is 5.95. The van der Waals surface area contributed by atoms with Crippen LogP contribution in [-0.2, 0) is 4.79 Å². The topological polar surface area (TPSA) is 78.4 Å². The molecule has 3 N–H and O–H groups in total. The van der Waals surface area contributed by atoms with E-state index in [2.05, 4.69) is 10.6 Å². The van der Waals surface area contributed by atoms with E-state index in [9.17, 15) is 9.59 Å². The van der Waals surface area contributed by atoms with E-state index in [-0.39, 0.29) is 17.5 Å². The predicted molar refractivity (Wildman–Crippen MR) is 67.6 cm³/mol. The van der Waals surface area contributed by atoms with Gasteiger partial charge in [-0.25, -0.2) is 4.79 Å². The molecular weight excluding hydrogens is 232 g/mol. The molecule has 1 aromatic rings. The van der Waals surface area contributed by atoms with Crippen molar-refractivity contribution in [1.82, 2.24) is 5.32 Å². The van der Waals surface area contributed by atoms with Crippen molar-refractivity contribution in [3.05, 3.63) is 29.8 Å². The van der Waals surface area contributed by atoms with E-state index in [4.69, 9.17) is 5.11 Å². The van der Waals surface area contributed by atoms with Crippen molar-refractivity contribution in [1.29, 1.82) is 0 Å². The van der Waals surface area contributed by atoms with Crippen LogP contribution in [0.4, 0.5) is 5.69 Å². The van der Waals surface area contributed by atoms with E-state index < -0.39 is 5.97 Å². The Labute approximate surface area is 105 Å². The van der Waals surface area contributed by atoms with Gasteiger partial charge in [0.2, 0.25) is 5.91 Å². The largest absolute Gasteiger partial charge is 0.478 e. The Morgan fingerprint density at radius 2 is 2.22 bits per heavy atom. The lowest BCUT2D eigenvalue weighted by Gasteiger charge is -2.15. The molecule has 1 aromatic carbocycles. The van der Waals surface area contributed by atoms with Gasteiger partial charge in [-0.05, 0) is 37.1 Å². The summed E-state index contributed by atoms with van der Waals surface area (Å²) in [6, 6.07) is 6.06. The van der Waals surface area contributed by atoms with Crippen LogP contribution in [0.1, 0.15) is 23.7 Å². The van der Waals surface area contributed by atoms with Gasteiger partial charge in [-0.1, -0.05) is 13.0 Å². The Balaban J connectivity index is 2.07. The van der Waals surface area contributed by atoms with Gasteiger partial charge in [0.25, 0.3) is 0 Å². The van der Waals surface area contributed by atoms with E-state index in [1.807, 2.05) is 6.92 Å². The Kier molecular flexibility index (Phi) is 3.62. The average Bonchev–Trinajstić information content (AvgIpc) is 2.76. The van der Waals surface area contributed by atoms with Crippen LogP contribution in [-0.4, -0.2) is 29.6 Å². The van der Waals surface area contributed by atoms with Crippen molar-refractivity contribution in [2.75, 3.05) is 11.9 Å². The number of benzene rings is 1. The van der Waals surface area contributed by atoms with Crippen LogP contribution >= 0.6 is 0 Å². The molecule has 2 atom stereocenters. The minimum atomic E-state index is -1.00. The van der Waals surface area contributed by atoms with Gasteiger partial charge in [0.15, 0.2) is 0 Å². The monoisotopic (exact) mass is 248 g/mol. The van der Waals surface area contributed by atoms with E-state index in [0.29, 0.717) is 11.6 Å². The lowest BCUT2D eigenvalue weighted by Crippen LogP contribution is -2.39. The molecule has 1 aliphatic heterocycles. The fourth-order valence-electron chi connectivity index (χ4n) is 2.14. The third-order valence-electron chi connectivity index (χ3n) is 3.19. The summed E-state index contributed by atoms with van der Waals surface area (Å²) in [4.78, 5) is 22.8. The smallest absolute Gasteiger partial charge is 0.335 e. The van der Waals surface area contributed by atoms with Gasteiger partial charge in [0.05, 0.1) is 11.6 Å². The van der Waals surface area contributed by atoms with Gasteiger partial charge in [0.1, 0.15) is 0 Å². The summed E-state index contributed by atoms with van der Waals surface area (Å²) in [5.41, 5.74) is 0.682. The van der Waals surface area contributed by atoms with Crippen molar-refractivity contribution in [3.63, 3.8) is 0 Å². The number of anilines is 1. The number of carboxylic acid groups (broad SMARTS) is 1. The molecule has 1 aliphatic rings. The Morgan fingerprint density at radius 1 is 1.44 bits per heavy atom. The van der Waals surface area contributed by atoms with Crippen molar-refractivity contribution in [2.24, 2.45) is 5.92 Å². The first-order chi connectivity index (χ1) is 8.58. The van der Waals surface area contributed by atoms with E-state index in [1.54, 1.807) is 12.1 Å². The van der Waals surface area contributed by atoms with Gasteiger partial charge in [-0.15, -0.1) is 0 Å². The highest BCUT2D eigenvalue weighted by molar-refractivity contribution is 5.96. The standard InChI is InChI=1S/C13H16N2O3/c1-8-5-6-14-11(8)12(16)15-10-4-2-3-9(7-10)13(17)18/h2-4,7-8,11,14H,5-6H2,1H3,(H,15,16)(H,17,18). The van der Waals surface area contributed by atoms with E-state index in [0.717, 1.165) is 13.0 Å². The number of hydrogen-bond acceptors (Lipinski definition) is 3. The van der Waals surface area contributed by atoms with Crippen LogP contribution in [0.3, 0.4) is 0 Å². The molecular formula is C13H16N2O3. The number of carbonyl (C=O) groups is 2. The number of carbonyl (C=O) groups excluding carboxylic acids is 1. The Morgan fingerprint density at radius 3 is 2.83 bits per heavy atom. The van der Waals surface area contributed by atoms with Crippen LogP contribution in [0, 0.1) is 5.92 Å². The summed E-state index contributed by atoms with van der Waals surface area (Å²) >= 11 is 0. The second-order valence-corrected chi connectivity index (χ2v) is 4.57. The molecule has 0 aromatic heterocycles. The van der Waals surface area contributed by atoms with Crippen molar-refractivity contribution >= 4 is 17.6 Å². The number of carboxylic acids is 1. The second kappa shape index (κ2) is 5.18. The second-order valence-electron chi connectivity index (χ2n) is 4.57. The quantitative estimate of drug-likeness (QED) is 0.754. The predicted octanol–water partition coefficient (Wildman–Crippen LogP) is 1.32. The molecule has 0 spiro atoms. The van der Waals surface area contributed by atoms with Gasteiger partial charge < -0.3 is 15.7 Å². The first kappa shape index (κ1) is 12.6. The summed E-state index contributed by atoms with van der Waals surface area (Å²) in [6.07, 6.45) is 0.979. The summed E-state index contributed by atoms with van der Waals surface area (Å²) in [7, 11) is 0. The fraction of sp³-hybridized carbons (Fsp3) is 0.385. The molecule has 1 heterocycles. The van der Waals surface area contributed by atoms with E-state index >= 15 is 0 Å². The van der Waals surface area contributed by atoms with E-state index in [1.165, 1.54) is 12.1 Å². The highest BCUT2D eigenvalue weighted by Crippen LogP contribution is 2.17. The molecule has 2 unspecified atom stereocenters. The maximum Gasteiger partial charge on any atom is 0.335 e. The molecule has 0 bridgehead atoms. The van der Waals surface area contributed by atoms with Crippen LogP contribution < -0.4 is 10.6 Å². The minimum Gasteiger partial charge on any atom is -0.478 e. The minimum absolute atomic E-state index is 0.109. The van der Waals surface area contributed by atoms with Crippen LogP contribution in [0.2, 0.25) is 0 Å². The zero-order valence-corrected chi connectivity index (χ0v) is 10.1. The highest BCUT2D eigenvalue weighted by atomic mass is 16.4. The molecule has 96 valence electrons. The summed E-state index contributed by atoms with van der Waals surface area (Å²) < 4.78 is 0. The van der Waals surface area contributed by atoms with Crippen LogP contribution in [0.15, 0.2) is 24.3 Å². The maximum absolute atomic E-state index is 12.0. The van der Waals surface area contributed by atoms with Gasteiger partial charge in [-0.3, -0.25) is 4.79 Å². The molecule has 5 nitrogen and oxygen atoms in total. The zero-order chi connectivity index (χ0) is 13.1. The first-order valence-electron chi connectivity index (χ1n) is 5.95. The summed E-state index contributed by atoms with van der Waals surface area (Å²) in [5, 5.41) is 14.8. The molecule has 1 fully saturated rings. The Hall–Kier alpha value is -1.88. The van der Waals surface area contributed by atoms with Crippen molar-refractivity contribution < 1.29 is 14.7 Å². The SMILES string of the molecule is CC1CCNC1C(=O)Nc1cccc(C(=O)O)c1. The third-order valence-corrected chi connectivity index (χ3v) is 3.19. The van der Waals surface area contributed by atoms with Crippen LogP contribution in [0.5, 0.6) is 0 Å². The molecule has 2 rings (SSSR count). The zero-order valence-electron chi connectivity index (χ0n) is 10.1. The third kappa shape index (κ3) is 2.68. The lowest BCUT2D eigenvalue weighted by atomic mass is 10.0. The molecule has 0 radical (unpaired) electrons. The molecule has 5 heteroatoms. The highest BCUT2D eigenvalue weighted by Gasteiger charge is 2.29. The number of amides is 1. The number of hydrogen-bond donors (Lipinski definition) is 3.